The number of anilines is 1. The van der Waals surface area contributed by atoms with Gasteiger partial charge in [0.1, 0.15) is 10.1 Å². The Morgan fingerprint density at radius 1 is 1.00 bits per heavy atom. The van der Waals surface area contributed by atoms with Crippen LogP contribution < -0.4 is 64.4 Å². The van der Waals surface area contributed by atoms with Crippen molar-refractivity contribution in [3.8, 4) is 0 Å². The van der Waals surface area contributed by atoms with Gasteiger partial charge in [0.2, 0.25) is 0 Å². The molecule has 0 spiro atoms. The van der Waals surface area contributed by atoms with Crippen molar-refractivity contribution in [2.45, 2.75) is 11.3 Å². The van der Waals surface area contributed by atoms with E-state index in [0.29, 0.717) is 11.3 Å². The first-order valence-corrected chi connectivity index (χ1v) is 9.96. The Kier molecular flexibility index (Phi) is 9.36. The second-order valence-corrected chi connectivity index (χ2v) is 7.48. The third kappa shape index (κ3) is 5.36. The van der Waals surface area contributed by atoms with E-state index in [1.807, 2.05) is 0 Å². The molecule has 2 aromatic rings. The van der Waals surface area contributed by atoms with Crippen LogP contribution in [0.1, 0.15) is 26.3 Å². The molecule has 0 radical (unpaired) electrons. The topological polar surface area (TPSA) is 155 Å². The van der Waals surface area contributed by atoms with Crippen molar-refractivity contribution in [2.75, 3.05) is 5.32 Å². The minimum absolute atomic E-state index is 0. The van der Waals surface area contributed by atoms with Crippen LogP contribution in [0.2, 0.25) is 0 Å². The molecule has 1 heterocycles. The summed E-state index contributed by atoms with van der Waals surface area (Å²) in [4.78, 5) is 24.7. The molecule has 4 rings (SSSR count). The normalized spacial score (nSPS) is 16.2. The minimum atomic E-state index is -4.70. The average molecular weight is 465 g/mol. The third-order valence-corrected chi connectivity index (χ3v) is 5.09. The molecule has 2 aromatic carbocycles. The summed E-state index contributed by atoms with van der Waals surface area (Å²) in [5.74, 6) is -0.785. The largest absolute Gasteiger partial charge is 1.00 e. The second-order valence-electron chi connectivity index (χ2n) is 5.73. The van der Waals surface area contributed by atoms with Crippen LogP contribution in [-0.4, -0.2) is 37.2 Å². The number of Topliss-reactive ketones (excluding diaryl/α,β-unsaturated/α-hetero) is 2. The Labute approximate surface area is 217 Å². The van der Waals surface area contributed by atoms with Gasteiger partial charge in [-0.2, -0.15) is 18.2 Å². The summed E-state index contributed by atoms with van der Waals surface area (Å²) in [6, 6.07) is 11.6. The third-order valence-electron chi connectivity index (χ3n) is 4.17. The van der Waals surface area contributed by atoms with Crippen LogP contribution in [0.25, 0.3) is 0 Å². The van der Waals surface area contributed by atoms with E-state index in [9.17, 15) is 22.6 Å². The molecule has 0 aromatic heterocycles. The van der Waals surface area contributed by atoms with Gasteiger partial charge in [0.15, 0.2) is 11.6 Å². The summed E-state index contributed by atoms with van der Waals surface area (Å²) in [5.41, 5.74) is 1.56. The maximum Gasteiger partial charge on any atom is 1.00 e. The van der Waals surface area contributed by atoms with E-state index in [0.717, 1.165) is 0 Å². The Hall–Kier alpha value is -1.15. The minimum Gasteiger partial charge on any atom is -0.744 e. The van der Waals surface area contributed by atoms with Crippen molar-refractivity contribution < 1.29 is 94.3 Å². The number of hydrogen-bond acceptors (Lipinski definition) is 9. The molecule has 0 bridgehead atoms. The van der Waals surface area contributed by atoms with E-state index in [1.54, 1.807) is 12.1 Å². The van der Waals surface area contributed by atoms with Gasteiger partial charge in [-0.15, -0.1) is 18.7 Å². The summed E-state index contributed by atoms with van der Waals surface area (Å²) < 4.78 is 59.5. The number of nitrogens with one attached hydrogen (secondary N) is 1. The second kappa shape index (κ2) is 10.4. The number of fused-ring (bicyclic) bond motifs is 2. The van der Waals surface area contributed by atoms with Gasteiger partial charge in [0.25, 0.3) is 0 Å². The number of carbonyl (C=O) groups excluding carboxylic acids is 2. The molecule has 0 amide bonds. The summed E-state index contributed by atoms with van der Waals surface area (Å²) in [6.07, 6.45) is -0.0718. The average Bonchev–Trinajstić information content (AvgIpc) is 3.11. The molecule has 2 aliphatic rings. The molecule has 1 aliphatic carbocycles. The van der Waals surface area contributed by atoms with Gasteiger partial charge < -0.3 is 14.7 Å². The zero-order valence-corrected chi connectivity index (χ0v) is 21.4. The number of rotatable bonds is 1. The van der Waals surface area contributed by atoms with Crippen LogP contribution in [0.5, 0.6) is 0 Å². The molecule has 0 saturated carbocycles. The number of carbonyl (C=O) groups is 2. The van der Waals surface area contributed by atoms with Gasteiger partial charge in [-0.3, -0.25) is 4.79 Å². The quantitative estimate of drug-likeness (QED) is 0.188. The molecule has 13 heteroatoms. The van der Waals surface area contributed by atoms with Crippen LogP contribution in [0, 0.1) is 6.07 Å². The zero-order chi connectivity index (χ0) is 20.6. The number of hydrogen-bond donors (Lipinski definition) is 1. The molecular formula is C17H9NNa2O8S2. The molecule has 9 nitrogen and oxygen atoms in total. The molecule has 0 atom stereocenters. The molecule has 1 N–H and O–H groups in total. The Bertz CT molecular complexity index is 1280. The van der Waals surface area contributed by atoms with Gasteiger partial charge in [0.05, 0.1) is 10.6 Å². The summed E-state index contributed by atoms with van der Waals surface area (Å²) in [7, 11) is -7.81. The first-order chi connectivity index (χ1) is 13.1. The Morgan fingerprint density at radius 2 is 1.63 bits per heavy atom. The summed E-state index contributed by atoms with van der Waals surface area (Å²) >= 11 is 0. The molecule has 144 valence electrons. The fourth-order valence-electron chi connectivity index (χ4n) is 3.08. The zero-order valence-electron chi connectivity index (χ0n) is 15.8. The first-order valence-electron chi connectivity index (χ1n) is 7.55. The van der Waals surface area contributed by atoms with Crippen molar-refractivity contribution in [3.05, 3.63) is 70.4 Å². The number of benzene rings is 2. The first kappa shape index (κ1) is 26.9. The van der Waals surface area contributed by atoms with Crippen LogP contribution in [0.15, 0.2) is 52.6 Å². The molecule has 0 unspecified atom stereocenters. The molecule has 0 fully saturated rings. The summed E-state index contributed by atoms with van der Waals surface area (Å²) in [5, 5.41) is 2.91. The van der Waals surface area contributed by atoms with Crippen molar-refractivity contribution >= 4 is 38.0 Å². The predicted octanol–water partition coefficient (Wildman–Crippen LogP) is -5.30. The van der Waals surface area contributed by atoms with Gasteiger partial charge in [0, 0.05) is 17.6 Å². The van der Waals surface area contributed by atoms with E-state index >= 15 is 0 Å². The smallest absolute Gasteiger partial charge is 0.744 e. The molecule has 30 heavy (non-hydrogen) atoms. The fourth-order valence-corrected chi connectivity index (χ4v) is 3.81. The monoisotopic (exact) mass is 465 g/mol. The van der Waals surface area contributed by atoms with Gasteiger partial charge >= 0.3 is 69.7 Å². The van der Waals surface area contributed by atoms with Crippen LogP contribution in [0.4, 0.5) is 5.69 Å². The maximum absolute atomic E-state index is 12.6. The van der Waals surface area contributed by atoms with Gasteiger partial charge in [-0.05, 0) is 11.6 Å². The standard InChI is InChI=1S/C17H10NO5S.2Na.O3S/c19-16-9-5-3-7-14(24(21,22)23)11(9)8-12(16)15-17(20)10-4-1-2-6-13(10)18-15;;;1-4(2)3/h2-7,18H,8H2,(H,21,22,23);;;/q-1;2*+1;/p-1/b15-12-;;;. The Balaban J connectivity index is 0.000000692. The Morgan fingerprint density at radius 3 is 2.20 bits per heavy atom. The summed E-state index contributed by atoms with van der Waals surface area (Å²) in [6.45, 7) is 0. The molecular weight excluding hydrogens is 456 g/mol. The van der Waals surface area contributed by atoms with E-state index in [1.165, 1.54) is 24.3 Å². The van der Waals surface area contributed by atoms with Crippen molar-refractivity contribution in [2.24, 2.45) is 0 Å². The van der Waals surface area contributed by atoms with E-state index < -0.39 is 31.4 Å². The number of ketones is 2. The van der Waals surface area contributed by atoms with Crippen molar-refractivity contribution in [1.82, 2.24) is 0 Å². The van der Waals surface area contributed by atoms with Gasteiger partial charge in [-0.1, -0.05) is 23.4 Å². The van der Waals surface area contributed by atoms with Crippen molar-refractivity contribution in [1.29, 1.82) is 0 Å². The molecule has 1 aliphatic heterocycles. The van der Waals surface area contributed by atoms with E-state index in [-0.39, 0.29) is 93.7 Å². The van der Waals surface area contributed by atoms with E-state index in [2.05, 4.69) is 11.4 Å². The van der Waals surface area contributed by atoms with Crippen molar-refractivity contribution in [3.63, 3.8) is 0 Å². The van der Waals surface area contributed by atoms with Crippen LogP contribution in [-0.2, 0) is 27.1 Å². The van der Waals surface area contributed by atoms with E-state index in [4.69, 9.17) is 12.6 Å². The van der Waals surface area contributed by atoms with Gasteiger partial charge in [-0.25, -0.2) is 8.42 Å². The fraction of sp³-hybridized carbons (Fsp3) is 0.0588. The molecule has 0 saturated heterocycles. The predicted molar refractivity (Wildman–Crippen MR) is 92.4 cm³/mol. The SMILES string of the molecule is O=C1/C(=C2\Cc3c(cccc3S(=O)(=O)[O-])C2=O)Nc2cc[c-]cc21.O=S(=O)=O.[Na+].[Na+]. The maximum atomic E-state index is 12.6. The van der Waals surface area contributed by atoms with Crippen LogP contribution >= 0.6 is 0 Å². The van der Waals surface area contributed by atoms with Crippen LogP contribution in [0.3, 0.4) is 0 Å². The number of allylic oxidation sites excluding steroid dienone is 2.